The third kappa shape index (κ3) is 9.10. The van der Waals surface area contributed by atoms with E-state index in [0.717, 1.165) is 35.0 Å². The Morgan fingerprint density at radius 2 is 1.86 bits per heavy atom. The predicted molar refractivity (Wildman–Crippen MR) is 129 cm³/mol. The molecule has 8 heteroatoms. The molecule has 0 aliphatic rings. The van der Waals surface area contributed by atoms with E-state index in [9.17, 15) is 0 Å². The molecule has 2 N–H and O–H groups in total. The molecule has 0 saturated heterocycles. The molecule has 0 spiro atoms. The third-order valence-corrected chi connectivity index (χ3v) is 4.44. The van der Waals surface area contributed by atoms with Gasteiger partial charge in [-0.2, -0.15) is 0 Å². The van der Waals surface area contributed by atoms with Crippen molar-refractivity contribution in [1.29, 1.82) is 0 Å². The number of nitrogens with zero attached hydrogens (tertiary/aromatic N) is 1. The number of hydrogen-bond acceptors (Lipinski definition) is 4. The maximum atomic E-state index is 6.29. The predicted octanol–water partition coefficient (Wildman–Crippen LogP) is 3.90. The van der Waals surface area contributed by atoms with Gasteiger partial charge in [-0.05, 0) is 41.8 Å². The summed E-state index contributed by atoms with van der Waals surface area (Å²) in [5, 5.41) is 7.31. The monoisotopic (exact) mass is 533 g/mol. The Balaban J connectivity index is 0.00000420. The van der Waals surface area contributed by atoms with Crippen molar-refractivity contribution in [2.45, 2.75) is 13.0 Å². The van der Waals surface area contributed by atoms with E-state index < -0.39 is 0 Å². The van der Waals surface area contributed by atoms with Gasteiger partial charge < -0.3 is 24.8 Å². The summed E-state index contributed by atoms with van der Waals surface area (Å²) < 4.78 is 15.8. The molecule has 0 unspecified atom stereocenters. The number of methoxy groups -OCH3 is 2. The Morgan fingerprint density at radius 1 is 1.03 bits per heavy atom. The van der Waals surface area contributed by atoms with Gasteiger partial charge in [0, 0.05) is 32.3 Å². The van der Waals surface area contributed by atoms with Crippen molar-refractivity contribution in [2.75, 3.05) is 41.0 Å². The molecule has 2 rings (SSSR count). The molecule has 160 valence electrons. The molecule has 0 radical (unpaired) electrons. The number of hydrogen-bond donors (Lipinski definition) is 2. The van der Waals surface area contributed by atoms with Gasteiger partial charge in [-0.1, -0.05) is 29.8 Å². The van der Waals surface area contributed by atoms with Gasteiger partial charge in [-0.25, -0.2) is 0 Å². The second kappa shape index (κ2) is 14.3. The quantitative estimate of drug-likeness (QED) is 0.210. The Labute approximate surface area is 195 Å². The number of aliphatic imine (C=N–C) groups is 1. The topological polar surface area (TPSA) is 64.1 Å². The van der Waals surface area contributed by atoms with Crippen LogP contribution in [-0.2, 0) is 17.7 Å². The highest BCUT2D eigenvalue weighted by atomic mass is 127. The molecule has 0 aromatic heterocycles. The highest BCUT2D eigenvalue weighted by Gasteiger charge is 2.04. The maximum absolute atomic E-state index is 6.29. The number of benzene rings is 2. The van der Waals surface area contributed by atoms with E-state index in [1.165, 1.54) is 0 Å². The highest BCUT2D eigenvalue weighted by molar-refractivity contribution is 14.0. The molecule has 0 fully saturated rings. The summed E-state index contributed by atoms with van der Waals surface area (Å²) in [5.74, 6) is 2.32. The van der Waals surface area contributed by atoms with Crippen molar-refractivity contribution in [1.82, 2.24) is 10.6 Å². The smallest absolute Gasteiger partial charge is 0.191 e. The first-order chi connectivity index (χ1) is 13.7. The minimum atomic E-state index is 0. The number of nitrogens with one attached hydrogen (secondary N) is 2. The average molecular weight is 534 g/mol. The number of guanidine groups is 1. The van der Waals surface area contributed by atoms with Crippen molar-refractivity contribution >= 4 is 41.5 Å². The van der Waals surface area contributed by atoms with Crippen LogP contribution in [0.3, 0.4) is 0 Å². The summed E-state index contributed by atoms with van der Waals surface area (Å²) in [5.41, 5.74) is 2.17. The molecular formula is C21H29ClIN3O3. The molecule has 0 atom stereocenters. The highest BCUT2D eigenvalue weighted by Crippen LogP contribution is 2.22. The zero-order valence-electron chi connectivity index (χ0n) is 17.0. The summed E-state index contributed by atoms with van der Waals surface area (Å²) >= 11 is 6.29. The van der Waals surface area contributed by atoms with Crippen LogP contribution in [0.5, 0.6) is 11.5 Å². The lowest BCUT2D eigenvalue weighted by molar-refractivity contribution is 0.146. The SMILES string of the molecule is CN=C(NCCc1ccc(OC)cc1Cl)NCc1cccc(OCCOC)c1.I. The average Bonchev–Trinajstić information content (AvgIpc) is 2.72. The molecule has 0 aliphatic carbocycles. The normalized spacial score (nSPS) is 10.8. The first-order valence-corrected chi connectivity index (χ1v) is 9.51. The van der Waals surface area contributed by atoms with Gasteiger partial charge in [0.25, 0.3) is 0 Å². The summed E-state index contributed by atoms with van der Waals surface area (Å²) in [6.45, 7) is 2.46. The van der Waals surface area contributed by atoms with Gasteiger partial charge in [0.2, 0.25) is 0 Å². The van der Waals surface area contributed by atoms with E-state index in [0.29, 0.717) is 31.3 Å². The summed E-state index contributed by atoms with van der Waals surface area (Å²) in [7, 11) is 5.04. The Morgan fingerprint density at radius 3 is 2.55 bits per heavy atom. The third-order valence-electron chi connectivity index (χ3n) is 4.09. The number of rotatable bonds is 10. The van der Waals surface area contributed by atoms with Crippen LogP contribution in [0.25, 0.3) is 0 Å². The van der Waals surface area contributed by atoms with E-state index in [1.807, 2.05) is 42.5 Å². The Bertz CT molecular complexity index is 775. The van der Waals surface area contributed by atoms with Crippen LogP contribution in [0.1, 0.15) is 11.1 Å². The van der Waals surface area contributed by atoms with Gasteiger partial charge in [-0.15, -0.1) is 24.0 Å². The standard InChI is InChI=1S/C21H28ClN3O3.HI/c1-23-21(24-10-9-17-7-8-18(27-3)14-20(17)22)25-15-16-5-4-6-19(13-16)28-12-11-26-2;/h4-8,13-14H,9-12,15H2,1-3H3,(H2,23,24,25);1H. The molecule has 0 heterocycles. The fraction of sp³-hybridized carbons (Fsp3) is 0.381. The van der Waals surface area contributed by atoms with Gasteiger partial charge >= 0.3 is 0 Å². The summed E-state index contributed by atoms with van der Waals surface area (Å²) in [4.78, 5) is 4.26. The van der Waals surface area contributed by atoms with E-state index in [-0.39, 0.29) is 24.0 Å². The van der Waals surface area contributed by atoms with E-state index >= 15 is 0 Å². The second-order valence-electron chi connectivity index (χ2n) is 6.05. The van der Waals surface area contributed by atoms with Crippen LogP contribution in [0, 0.1) is 0 Å². The molecule has 0 amide bonds. The number of halogens is 2. The van der Waals surface area contributed by atoms with Gasteiger partial charge in [0.05, 0.1) is 13.7 Å². The van der Waals surface area contributed by atoms with Crippen LogP contribution in [0.4, 0.5) is 0 Å². The summed E-state index contributed by atoms with van der Waals surface area (Å²) in [6, 6.07) is 13.7. The van der Waals surface area contributed by atoms with Gasteiger partial charge in [-0.3, -0.25) is 4.99 Å². The maximum Gasteiger partial charge on any atom is 0.191 e. The fourth-order valence-corrected chi connectivity index (χ4v) is 2.83. The van der Waals surface area contributed by atoms with Crippen LogP contribution in [0.15, 0.2) is 47.5 Å². The first-order valence-electron chi connectivity index (χ1n) is 9.14. The largest absolute Gasteiger partial charge is 0.497 e. The van der Waals surface area contributed by atoms with Crippen molar-refractivity contribution < 1.29 is 14.2 Å². The van der Waals surface area contributed by atoms with Crippen molar-refractivity contribution in [3.05, 3.63) is 58.6 Å². The van der Waals surface area contributed by atoms with Gasteiger partial charge in [0.15, 0.2) is 5.96 Å². The Kier molecular flexibility index (Phi) is 12.5. The van der Waals surface area contributed by atoms with Crippen molar-refractivity contribution in [3.8, 4) is 11.5 Å². The lowest BCUT2D eigenvalue weighted by atomic mass is 10.1. The Hall–Kier alpha value is -1.71. The molecule has 29 heavy (non-hydrogen) atoms. The summed E-state index contributed by atoms with van der Waals surface area (Å²) in [6.07, 6.45) is 0.784. The minimum absolute atomic E-state index is 0. The molecule has 0 aliphatic heterocycles. The molecule has 6 nitrogen and oxygen atoms in total. The second-order valence-corrected chi connectivity index (χ2v) is 6.46. The molecule has 0 saturated carbocycles. The van der Waals surface area contributed by atoms with E-state index in [4.69, 9.17) is 25.8 Å². The van der Waals surface area contributed by atoms with Gasteiger partial charge in [0.1, 0.15) is 18.1 Å². The fourth-order valence-electron chi connectivity index (χ4n) is 2.57. The van der Waals surface area contributed by atoms with Crippen molar-refractivity contribution in [3.63, 3.8) is 0 Å². The lowest BCUT2D eigenvalue weighted by Crippen LogP contribution is -2.37. The molecule has 2 aromatic rings. The zero-order valence-corrected chi connectivity index (χ0v) is 20.1. The van der Waals surface area contributed by atoms with E-state index in [1.54, 1.807) is 21.3 Å². The number of ether oxygens (including phenoxy) is 3. The molecule has 0 bridgehead atoms. The van der Waals surface area contributed by atoms with Crippen molar-refractivity contribution in [2.24, 2.45) is 4.99 Å². The van der Waals surface area contributed by atoms with Crippen LogP contribution in [0.2, 0.25) is 5.02 Å². The first kappa shape index (κ1) is 25.3. The zero-order chi connectivity index (χ0) is 20.2. The van der Waals surface area contributed by atoms with Crippen LogP contribution < -0.4 is 20.1 Å². The minimum Gasteiger partial charge on any atom is -0.497 e. The molecular weight excluding hydrogens is 505 g/mol. The van der Waals surface area contributed by atoms with Crippen LogP contribution >= 0.6 is 35.6 Å². The van der Waals surface area contributed by atoms with E-state index in [2.05, 4.69) is 15.6 Å². The lowest BCUT2D eigenvalue weighted by Gasteiger charge is -2.13. The molecule has 2 aromatic carbocycles. The van der Waals surface area contributed by atoms with Crippen LogP contribution in [-0.4, -0.2) is 47.0 Å².